The van der Waals surface area contributed by atoms with Gasteiger partial charge in [-0.05, 0) is 65.2 Å². The Hall–Kier alpha value is -1.56. The lowest BCUT2D eigenvalue weighted by Crippen LogP contribution is -2.17. The topological polar surface area (TPSA) is 67.2 Å². The molecule has 0 aliphatic heterocycles. The summed E-state index contributed by atoms with van der Waals surface area (Å²) >= 11 is 9.51. The maximum Gasteiger partial charge on any atom is 0.257 e. The molecule has 110 valence electrons. The molecule has 0 aliphatic rings. The number of nitrogens with two attached hydrogens (primary N) is 1. The first-order valence-corrected chi connectivity index (χ1v) is 7.43. The molecule has 0 heterocycles. The summed E-state index contributed by atoms with van der Waals surface area (Å²) in [4.78, 5) is 12.4. The van der Waals surface area contributed by atoms with Gasteiger partial charge in [-0.2, -0.15) is 0 Å². The fourth-order valence-electron chi connectivity index (χ4n) is 1.91. The fourth-order valence-corrected chi connectivity index (χ4v) is 2.63. The van der Waals surface area contributed by atoms with Crippen molar-refractivity contribution in [2.24, 2.45) is 5.84 Å². The highest BCUT2D eigenvalue weighted by Gasteiger charge is 2.13. The zero-order chi connectivity index (χ0) is 15.6. The van der Waals surface area contributed by atoms with Crippen LogP contribution < -0.4 is 16.6 Å². The average molecular weight is 369 g/mol. The summed E-state index contributed by atoms with van der Waals surface area (Å²) in [6, 6.07) is 8.96. The van der Waals surface area contributed by atoms with Crippen LogP contribution in [0.1, 0.15) is 21.5 Å². The Morgan fingerprint density at radius 2 is 1.90 bits per heavy atom. The second-order valence-corrected chi connectivity index (χ2v) is 5.99. The van der Waals surface area contributed by atoms with Crippen molar-refractivity contribution in [2.45, 2.75) is 13.8 Å². The van der Waals surface area contributed by atoms with E-state index in [1.807, 2.05) is 32.0 Å². The lowest BCUT2D eigenvalue weighted by Gasteiger charge is -2.12. The van der Waals surface area contributed by atoms with E-state index in [0.717, 1.165) is 15.6 Å². The summed E-state index contributed by atoms with van der Waals surface area (Å²) in [6.45, 7) is 3.83. The highest BCUT2D eigenvalue weighted by molar-refractivity contribution is 9.10. The van der Waals surface area contributed by atoms with Crippen molar-refractivity contribution in [3.05, 3.63) is 56.5 Å². The molecule has 0 aromatic heterocycles. The predicted octanol–water partition coefficient (Wildman–Crippen LogP) is 4.26. The fraction of sp³-hybridized carbons (Fsp3) is 0.133. The normalized spacial score (nSPS) is 10.3. The predicted molar refractivity (Wildman–Crippen MR) is 90.8 cm³/mol. The molecule has 0 saturated carbocycles. The molecular formula is C15H15BrClN3O. The van der Waals surface area contributed by atoms with Gasteiger partial charge >= 0.3 is 0 Å². The van der Waals surface area contributed by atoms with Gasteiger partial charge in [-0.1, -0.05) is 17.7 Å². The number of amides is 1. The van der Waals surface area contributed by atoms with E-state index in [1.165, 1.54) is 0 Å². The van der Waals surface area contributed by atoms with Gasteiger partial charge < -0.3 is 10.7 Å². The molecule has 21 heavy (non-hydrogen) atoms. The Balaban J connectivity index is 2.32. The van der Waals surface area contributed by atoms with Crippen LogP contribution in [0, 0.1) is 13.8 Å². The van der Waals surface area contributed by atoms with Gasteiger partial charge in [0.1, 0.15) is 0 Å². The summed E-state index contributed by atoms with van der Waals surface area (Å²) in [5, 5.41) is 3.42. The summed E-state index contributed by atoms with van der Waals surface area (Å²) in [6.07, 6.45) is 0. The van der Waals surface area contributed by atoms with Crippen molar-refractivity contribution < 1.29 is 4.79 Å². The molecular weight excluding hydrogens is 354 g/mol. The highest BCUT2D eigenvalue weighted by atomic mass is 79.9. The maximum absolute atomic E-state index is 12.4. The number of hydrogen-bond donors (Lipinski definition) is 3. The molecule has 2 rings (SSSR count). The Morgan fingerprint density at radius 3 is 2.57 bits per heavy atom. The SMILES string of the molecule is Cc1ccc(C(=O)Nc2cc(Cl)c(C)cc2Br)c(NN)c1. The highest BCUT2D eigenvalue weighted by Crippen LogP contribution is 2.30. The van der Waals surface area contributed by atoms with Crippen molar-refractivity contribution in [3.63, 3.8) is 0 Å². The van der Waals surface area contributed by atoms with Crippen LogP contribution in [0.25, 0.3) is 0 Å². The third kappa shape index (κ3) is 3.56. The molecule has 0 aliphatic carbocycles. The number of hydrazine groups is 1. The number of carbonyl (C=O) groups excluding carboxylic acids is 1. The Kier molecular flexibility index (Phi) is 4.88. The number of nitrogens with one attached hydrogen (secondary N) is 2. The van der Waals surface area contributed by atoms with E-state index in [0.29, 0.717) is 22.0 Å². The lowest BCUT2D eigenvalue weighted by atomic mass is 10.1. The summed E-state index contributed by atoms with van der Waals surface area (Å²) < 4.78 is 0.770. The van der Waals surface area contributed by atoms with Gasteiger partial charge in [-0.15, -0.1) is 0 Å². The molecule has 0 radical (unpaired) electrons. The zero-order valence-corrected chi connectivity index (χ0v) is 14.0. The van der Waals surface area contributed by atoms with Crippen LogP contribution in [0.4, 0.5) is 11.4 Å². The van der Waals surface area contributed by atoms with Gasteiger partial charge in [0, 0.05) is 9.50 Å². The van der Waals surface area contributed by atoms with Crippen LogP contribution in [0.15, 0.2) is 34.8 Å². The van der Waals surface area contributed by atoms with Crippen LogP contribution in [0.5, 0.6) is 0 Å². The second kappa shape index (κ2) is 6.47. The minimum Gasteiger partial charge on any atom is -0.323 e. The van der Waals surface area contributed by atoms with E-state index >= 15 is 0 Å². The molecule has 0 unspecified atom stereocenters. The number of benzene rings is 2. The van der Waals surface area contributed by atoms with Crippen LogP contribution in [0.2, 0.25) is 5.02 Å². The van der Waals surface area contributed by atoms with Gasteiger partial charge in [-0.25, -0.2) is 0 Å². The van der Waals surface area contributed by atoms with Crippen molar-refractivity contribution >= 4 is 44.8 Å². The van der Waals surface area contributed by atoms with Crippen LogP contribution in [0.3, 0.4) is 0 Å². The van der Waals surface area contributed by atoms with E-state index in [9.17, 15) is 4.79 Å². The average Bonchev–Trinajstić information content (AvgIpc) is 2.44. The number of aryl methyl sites for hydroxylation is 2. The molecule has 2 aromatic rings. The molecule has 6 heteroatoms. The summed E-state index contributed by atoms with van der Waals surface area (Å²) in [7, 11) is 0. The van der Waals surface area contributed by atoms with Crippen molar-refractivity contribution in [2.75, 3.05) is 10.7 Å². The summed E-state index contributed by atoms with van der Waals surface area (Å²) in [5.41, 5.74) is 6.13. The van der Waals surface area contributed by atoms with Gasteiger partial charge in [0.25, 0.3) is 5.91 Å². The van der Waals surface area contributed by atoms with E-state index in [1.54, 1.807) is 12.1 Å². The quantitative estimate of drug-likeness (QED) is 0.560. The van der Waals surface area contributed by atoms with Gasteiger partial charge in [0.15, 0.2) is 0 Å². The minimum absolute atomic E-state index is 0.261. The molecule has 2 aromatic carbocycles. The van der Waals surface area contributed by atoms with Crippen molar-refractivity contribution in [1.82, 2.24) is 0 Å². The standard InChI is InChI=1S/C15H15BrClN3O/c1-8-3-4-10(13(5-8)20-18)15(21)19-14-7-12(17)9(2)6-11(14)16/h3-7,20H,18H2,1-2H3,(H,19,21). The number of halogens is 2. The molecule has 0 saturated heterocycles. The van der Waals surface area contributed by atoms with E-state index < -0.39 is 0 Å². The van der Waals surface area contributed by atoms with Gasteiger partial charge in [-0.3, -0.25) is 10.6 Å². The number of rotatable bonds is 3. The lowest BCUT2D eigenvalue weighted by molar-refractivity contribution is 0.102. The third-order valence-corrected chi connectivity index (χ3v) is 4.13. The molecule has 0 atom stereocenters. The van der Waals surface area contributed by atoms with Gasteiger partial charge in [0.2, 0.25) is 0 Å². The Bertz CT molecular complexity index is 704. The summed E-state index contributed by atoms with van der Waals surface area (Å²) in [5.74, 6) is 5.20. The van der Waals surface area contributed by atoms with Crippen LogP contribution in [-0.2, 0) is 0 Å². The number of anilines is 2. The number of carbonyl (C=O) groups is 1. The smallest absolute Gasteiger partial charge is 0.257 e. The van der Waals surface area contributed by atoms with E-state index in [-0.39, 0.29) is 5.91 Å². The van der Waals surface area contributed by atoms with Crippen molar-refractivity contribution in [1.29, 1.82) is 0 Å². The first kappa shape index (κ1) is 15.8. The molecule has 0 spiro atoms. The van der Waals surface area contributed by atoms with Crippen LogP contribution in [-0.4, -0.2) is 5.91 Å². The number of nitrogen functional groups attached to an aromatic ring is 1. The van der Waals surface area contributed by atoms with Crippen molar-refractivity contribution in [3.8, 4) is 0 Å². The Labute approximate surface area is 136 Å². The van der Waals surface area contributed by atoms with E-state index in [4.69, 9.17) is 17.4 Å². The van der Waals surface area contributed by atoms with Gasteiger partial charge in [0.05, 0.1) is 16.9 Å². The second-order valence-electron chi connectivity index (χ2n) is 4.73. The monoisotopic (exact) mass is 367 g/mol. The third-order valence-electron chi connectivity index (χ3n) is 3.07. The number of hydrogen-bond acceptors (Lipinski definition) is 3. The molecule has 4 N–H and O–H groups in total. The molecule has 1 amide bonds. The van der Waals surface area contributed by atoms with E-state index in [2.05, 4.69) is 26.7 Å². The largest absolute Gasteiger partial charge is 0.323 e. The minimum atomic E-state index is -0.261. The van der Waals surface area contributed by atoms with Crippen LogP contribution >= 0.6 is 27.5 Å². The Morgan fingerprint density at radius 1 is 1.19 bits per heavy atom. The first-order chi connectivity index (χ1) is 9.92. The zero-order valence-electron chi connectivity index (χ0n) is 11.6. The molecule has 4 nitrogen and oxygen atoms in total. The maximum atomic E-state index is 12.4. The molecule has 0 fully saturated rings. The molecule has 0 bridgehead atoms. The first-order valence-electron chi connectivity index (χ1n) is 6.26.